The molecule has 0 amide bonds. The van der Waals surface area contributed by atoms with Gasteiger partial charge in [0, 0.05) is 24.8 Å². The Morgan fingerprint density at radius 2 is 2.22 bits per heavy atom. The largest absolute Gasteiger partial charge is 0.381 e. The van der Waals surface area contributed by atoms with Crippen molar-refractivity contribution < 1.29 is 9.66 Å². The van der Waals surface area contributed by atoms with Crippen molar-refractivity contribution in [2.45, 2.75) is 25.8 Å². The molecule has 1 aliphatic heterocycles. The predicted octanol–water partition coefficient (Wildman–Crippen LogP) is 2.65. The number of nitrogens with one attached hydrogen (secondary N) is 1. The Labute approximate surface area is 113 Å². The molecule has 7 heteroatoms. The van der Waals surface area contributed by atoms with Crippen LogP contribution in [-0.2, 0) is 4.74 Å². The third-order valence-electron chi connectivity index (χ3n) is 3.00. The highest BCUT2D eigenvalue weighted by molar-refractivity contribution is 9.10. The Bertz CT molecular complexity index is 461. The maximum absolute atomic E-state index is 10.8. The van der Waals surface area contributed by atoms with E-state index < -0.39 is 4.92 Å². The van der Waals surface area contributed by atoms with E-state index in [4.69, 9.17) is 4.74 Å². The van der Waals surface area contributed by atoms with Crippen LogP contribution in [0.2, 0.25) is 0 Å². The van der Waals surface area contributed by atoms with E-state index in [0.717, 1.165) is 26.1 Å². The molecule has 1 aromatic rings. The molecular formula is C11H14BrN3O3. The van der Waals surface area contributed by atoms with Gasteiger partial charge in [0.1, 0.15) is 12.0 Å². The lowest BCUT2D eigenvalue weighted by Gasteiger charge is -2.24. The summed E-state index contributed by atoms with van der Waals surface area (Å²) in [5.41, 5.74) is 0.615. The second kappa shape index (κ2) is 5.62. The molecule has 1 aliphatic rings. The summed E-state index contributed by atoms with van der Waals surface area (Å²) >= 11 is 3.37. The minimum Gasteiger partial charge on any atom is -0.381 e. The number of pyridine rings is 1. The van der Waals surface area contributed by atoms with E-state index >= 15 is 0 Å². The van der Waals surface area contributed by atoms with E-state index in [0.29, 0.717) is 21.9 Å². The number of hydrogen-bond donors (Lipinski definition) is 1. The first-order chi connectivity index (χ1) is 8.59. The monoisotopic (exact) mass is 315 g/mol. The second-order valence-corrected chi connectivity index (χ2v) is 5.01. The molecule has 1 saturated heterocycles. The zero-order chi connectivity index (χ0) is 13.1. The van der Waals surface area contributed by atoms with Crippen LogP contribution in [0.25, 0.3) is 0 Å². The van der Waals surface area contributed by atoms with E-state index in [1.54, 1.807) is 6.92 Å². The topological polar surface area (TPSA) is 77.3 Å². The highest BCUT2D eigenvalue weighted by atomic mass is 79.9. The normalized spacial score (nSPS) is 16.6. The van der Waals surface area contributed by atoms with Crippen molar-refractivity contribution in [2.24, 2.45) is 0 Å². The van der Waals surface area contributed by atoms with Crippen molar-refractivity contribution in [3.05, 3.63) is 26.3 Å². The summed E-state index contributed by atoms with van der Waals surface area (Å²) in [5, 5.41) is 14.1. The Morgan fingerprint density at radius 1 is 1.56 bits per heavy atom. The fraction of sp³-hybridized carbons (Fsp3) is 0.545. The van der Waals surface area contributed by atoms with Gasteiger partial charge in [-0.05, 0) is 35.7 Å². The molecule has 0 aliphatic carbocycles. The maximum atomic E-state index is 10.8. The summed E-state index contributed by atoms with van der Waals surface area (Å²) < 4.78 is 5.94. The molecule has 1 aromatic heterocycles. The molecule has 18 heavy (non-hydrogen) atoms. The average molecular weight is 316 g/mol. The molecule has 1 fully saturated rings. The van der Waals surface area contributed by atoms with E-state index in [-0.39, 0.29) is 5.69 Å². The van der Waals surface area contributed by atoms with E-state index in [1.807, 2.05) is 0 Å². The van der Waals surface area contributed by atoms with E-state index in [1.165, 1.54) is 6.20 Å². The van der Waals surface area contributed by atoms with Gasteiger partial charge in [-0.3, -0.25) is 10.1 Å². The van der Waals surface area contributed by atoms with Gasteiger partial charge in [0.15, 0.2) is 0 Å². The number of rotatable bonds is 3. The van der Waals surface area contributed by atoms with Gasteiger partial charge in [-0.25, -0.2) is 4.98 Å². The van der Waals surface area contributed by atoms with Crippen LogP contribution in [-0.4, -0.2) is 29.2 Å². The molecule has 98 valence electrons. The zero-order valence-electron chi connectivity index (χ0n) is 9.98. The molecule has 0 spiro atoms. The van der Waals surface area contributed by atoms with Crippen LogP contribution in [0.4, 0.5) is 11.5 Å². The van der Waals surface area contributed by atoms with Crippen molar-refractivity contribution in [3.8, 4) is 0 Å². The highest BCUT2D eigenvalue weighted by Gasteiger charge is 2.20. The third-order valence-corrected chi connectivity index (χ3v) is 3.97. The fourth-order valence-electron chi connectivity index (χ4n) is 1.89. The van der Waals surface area contributed by atoms with Gasteiger partial charge in [-0.1, -0.05) is 0 Å². The number of halogens is 1. The number of hydrogen-bond acceptors (Lipinski definition) is 5. The van der Waals surface area contributed by atoms with E-state index in [9.17, 15) is 10.1 Å². The summed E-state index contributed by atoms with van der Waals surface area (Å²) in [5.74, 6) is 0.657. The average Bonchev–Trinajstić information content (AvgIpc) is 2.36. The second-order valence-electron chi connectivity index (χ2n) is 4.22. The molecule has 0 aromatic carbocycles. The Balaban J connectivity index is 2.18. The summed E-state index contributed by atoms with van der Waals surface area (Å²) in [4.78, 5) is 14.5. The van der Waals surface area contributed by atoms with Gasteiger partial charge in [0.2, 0.25) is 0 Å². The van der Waals surface area contributed by atoms with Gasteiger partial charge in [-0.2, -0.15) is 0 Å². The van der Waals surface area contributed by atoms with Crippen molar-refractivity contribution in [1.29, 1.82) is 0 Å². The quantitative estimate of drug-likeness (QED) is 0.685. The van der Waals surface area contributed by atoms with Gasteiger partial charge >= 0.3 is 0 Å². The summed E-state index contributed by atoms with van der Waals surface area (Å²) in [6, 6.07) is 0.309. The van der Waals surface area contributed by atoms with Crippen LogP contribution in [0.5, 0.6) is 0 Å². The lowest BCUT2D eigenvalue weighted by molar-refractivity contribution is -0.385. The highest BCUT2D eigenvalue weighted by Crippen LogP contribution is 2.31. The molecule has 2 rings (SSSR count). The SMILES string of the molecule is Cc1c([N+](=O)[O-])cnc(NC2CCOCC2)c1Br. The molecule has 2 heterocycles. The maximum Gasteiger partial charge on any atom is 0.291 e. The van der Waals surface area contributed by atoms with Crippen LogP contribution in [0.1, 0.15) is 18.4 Å². The number of ether oxygens (including phenoxy) is 1. The Morgan fingerprint density at radius 3 is 2.83 bits per heavy atom. The number of nitrogens with zero attached hydrogens (tertiary/aromatic N) is 2. The van der Waals surface area contributed by atoms with Crippen molar-refractivity contribution in [1.82, 2.24) is 4.98 Å². The first-order valence-corrected chi connectivity index (χ1v) is 6.52. The fourth-order valence-corrected chi connectivity index (χ4v) is 2.31. The molecule has 0 saturated carbocycles. The van der Waals surface area contributed by atoms with Crippen LogP contribution >= 0.6 is 15.9 Å². The number of anilines is 1. The van der Waals surface area contributed by atoms with Gasteiger partial charge in [-0.15, -0.1) is 0 Å². The van der Waals surface area contributed by atoms with Crippen LogP contribution < -0.4 is 5.32 Å². The smallest absolute Gasteiger partial charge is 0.291 e. The minimum atomic E-state index is -0.425. The third kappa shape index (κ3) is 2.78. The Kier molecular flexibility index (Phi) is 4.13. The summed E-state index contributed by atoms with van der Waals surface area (Å²) in [6.07, 6.45) is 3.13. The summed E-state index contributed by atoms with van der Waals surface area (Å²) in [6.45, 7) is 3.18. The lowest BCUT2D eigenvalue weighted by atomic mass is 10.1. The van der Waals surface area contributed by atoms with E-state index in [2.05, 4.69) is 26.2 Å². The van der Waals surface area contributed by atoms with Crippen LogP contribution in [0.3, 0.4) is 0 Å². The first kappa shape index (κ1) is 13.2. The molecule has 0 atom stereocenters. The van der Waals surface area contributed by atoms with Crippen LogP contribution in [0, 0.1) is 17.0 Å². The molecular weight excluding hydrogens is 302 g/mol. The summed E-state index contributed by atoms with van der Waals surface area (Å²) in [7, 11) is 0. The van der Waals surface area contributed by atoms with Gasteiger partial charge in [0.25, 0.3) is 5.69 Å². The molecule has 0 radical (unpaired) electrons. The van der Waals surface area contributed by atoms with Gasteiger partial charge < -0.3 is 10.1 Å². The lowest BCUT2D eigenvalue weighted by Crippen LogP contribution is -2.28. The first-order valence-electron chi connectivity index (χ1n) is 5.73. The minimum absolute atomic E-state index is 0.0272. The van der Waals surface area contributed by atoms with Crippen LogP contribution in [0.15, 0.2) is 10.7 Å². The zero-order valence-corrected chi connectivity index (χ0v) is 11.6. The van der Waals surface area contributed by atoms with Gasteiger partial charge in [0.05, 0.1) is 9.40 Å². The predicted molar refractivity (Wildman–Crippen MR) is 70.8 cm³/mol. The van der Waals surface area contributed by atoms with Crippen molar-refractivity contribution in [2.75, 3.05) is 18.5 Å². The Hall–Kier alpha value is -1.21. The molecule has 6 nitrogen and oxygen atoms in total. The molecule has 1 N–H and O–H groups in total. The van der Waals surface area contributed by atoms with Crippen molar-refractivity contribution >= 4 is 27.4 Å². The molecule has 0 bridgehead atoms. The number of nitro groups is 1. The number of aromatic nitrogens is 1. The van der Waals surface area contributed by atoms with Crippen molar-refractivity contribution in [3.63, 3.8) is 0 Å². The standard InChI is InChI=1S/C11H14BrN3O3/c1-7-9(15(16)17)6-13-11(10(7)12)14-8-2-4-18-5-3-8/h6,8H,2-5H2,1H3,(H,13,14). The molecule has 0 unspecified atom stereocenters.